The Kier molecular flexibility index (Phi) is 5.06. The van der Waals surface area contributed by atoms with E-state index in [1.54, 1.807) is 12.1 Å². The van der Waals surface area contributed by atoms with Crippen LogP contribution in [0, 0.1) is 0 Å². The first kappa shape index (κ1) is 17.5. The highest BCUT2D eigenvalue weighted by Crippen LogP contribution is 2.26. The number of rotatable bonds is 6. The van der Waals surface area contributed by atoms with Crippen LogP contribution in [0.25, 0.3) is 10.8 Å². The predicted molar refractivity (Wildman–Crippen MR) is 103 cm³/mol. The van der Waals surface area contributed by atoms with E-state index in [0.717, 1.165) is 10.8 Å². The van der Waals surface area contributed by atoms with Crippen LogP contribution in [0.2, 0.25) is 0 Å². The van der Waals surface area contributed by atoms with Gasteiger partial charge < -0.3 is 4.90 Å². The molecule has 0 amide bonds. The molecular weight excluding hydrogens is 332 g/mol. The van der Waals surface area contributed by atoms with Crippen LogP contribution in [0.15, 0.2) is 77.7 Å². The van der Waals surface area contributed by atoms with E-state index in [1.807, 2.05) is 79.7 Å². The van der Waals surface area contributed by atoms with E-state index in [1.165, 1.54) is 4.31 Å². The van der Waals surface area contributed by atoms with Crippen molar-refractivity contribution in [2.24, 2.45) is 0 Å². The van der Waals surface area contributed by atoms with Gasteiger partial charge in [-0.1, -0.05) is 48.5 Å². The number of likely N-dealkylation sites (N-methyl/N-ethyl adjacent to an activating group) is 1. The number of hydrogen-bond acceptors (Lipinski definition) is 3. The molecule has 0 N–H and O–H groups in total. The standard InChI is InChI=1S/C20H22N2O2S/c1-21(2)14-15-22(19-10-4-3-5-11-19)25(23,24)20-13-12-17-8-6-7-9-18(17)16-20/h3-13,16H,14-15H2,1-2H3. The van der Waals surface area contributed by atoms with Gasteiger partial charge in [-0.15, -0.1) is 0 Å². The summed E-state index contributed by atoms with van der Waals surface area (Å²) in [5.74, 6) is 0. The molecular formula is C20H22N2O2S. The number of hydrogen-bond donors (Lipinski definition) is 0. The molecule has 3 rings (SSSR count). The van der Waals surface area contributed by atoms with Gasteiger partial charge in [-0.25, -0.2) is 8.42 Å². The van der Waals surface area contributed by atoms with E-state index in [2.05, 4.69) is 0 Å². The number of anilines is 1. The minimum atomic E-state index is -3.63. The van der Waals surface area contributed by atoms with Gasteiger partial charge in [0, 0.05) is 13.1 Å². The molecule has 130 valence electrons. The molecule has 3 aromatic carbocycles. The Bertz CT molecular complexity index is 954. The van der Waals surface area contributed by atoms with Crippen molar-refractivity contribution >= 4 is 26.5 Å². The molecule has 4 nitrogen and oxygen atoms in total. The van der Waals surface area contributed by atoms with Crippen molar-refractivity contribution in [2.45, 2.75) is 4.90 Å². The van der Waals surface area contributed by atoms with E-state index in [0.29, 0.717) is 23.7 Å². The second kappa shape index (κ2) is 7.25. The van der Waals surface area contributed by atoms with E-state index in [4.69, 9.17) is 0 Å². The van der Waals surface area contributed by atoms with E-state index in [-0.39, 0.29) is 0 Å². The predicted octanol–water partition coefficient (Wildman–Crippen LogP) is 3.60. The molecule has 0 bridgehead atoms. The van der Waals surface area contributed by atoms with Crippen LogP contribution >= 0.6 is 0 Å². The monoisotopic (exact) mass is 354 g/mol. The van der Waals surface area contributed by atoms with Crippen LogP contribution in [-0.4, -0.2) is 40.5 Å². The zero-order valence-corrected chi connectivity index (χ0v) is 15.3. The lowest BCUT2D eigenvalue weighted by molar-refractivity contribution is 0.419. The molecule has 0 aromatic heterocycles. The minimum Gasteiger partial charge on any atom is -0.308 e. The maximum absolute atomic E-state index is 13.3. The molecule has 0 aliphatic rings. The number of benzene rings is 3. The highest BCUT2D eigenvalue weighted by atomic mass is 32.2. The number of nitrogens with zero attached hydrogens (tertiary/aromatic N) is 2. The van der Waals surface area contributed by atoms with E-state index >= 15 is 0 Å². The van der Waals surface area contributed by atoms with Gasteiger partial charge in [0.15, 0.2) is 0 Å². The topological polar surface area (TPSA) is 40.6 Å². The molecule has 0 heterocycles. The van der Waals surface area contributed by atoms with Gasteiger partial charge in [0.2, 0.25) is 0 Å². The molecule has 0 spiro atoms. The summed E-state index contributed by atoms with van der Waals surface area (Å²) in [5.41, 5.74) is 0.678. The van der Waals surface area contributed by atoms with Crippen molar-refractivity contribution in [2.75, 3.05) is 31.5 Å². The summed E-state index contributed by atoms with van der Waals surface area (Å²) >= 11 is 0. The summed E-state index contributed by atoms with van der Waals surface area (Å²) in [6.07, 6.45) is 0. The van der Waals surface area contributed by atoms with Crippen molar-refractivity contribution in [3.8, 4) is 0 Å². The summed E-state index contributed by atoms with van der Waals surface area (Å²) in [7, 11) is 0.238. The molecule has 3 aromatic rings. The summed E-state index contributed by atoms with van der Waals surface area (Å²) in [4.78, 5) is 2.29. The van der Waals surface area contributed by atoms with Gasteiger partial charge in [-0.3, -0.25) is 4.31 Å². The lowest BCUT2D eigenvalue weighted by atomic mass is 10.1. The minimum absolute atomic E-state index is 0.314. The summed E-state index contributed by atoms with van der Waals surface area (Å²) < 4.78 is 28.1. The van der Waals surface area contributed by atoms with Crippen LogP contribution < -0.4 is 4.31 Å². The third-order valence-corrected chi connectivity index (χ3v) is 5.93. The fraction of sp³-hybridized carbons (Fsp3) is 0.200. The fourth-order valence-corrected chi connectivity index (χ4v) is 4.22. The third-order valence-electron chi connectivity index (χ3n) is 4.10. The first-order valence-corrected chi connectivity index (χ1v) is 9.64. The first-order valence-electron chi connectivity index (χ1n) is 8.20. The van der Waals surface area contributed by atoms with Gasteiger partial charge in [-0.05, 0) is 49.1 Å². The lowest BCUT2D eigenvalue weighted by Gasteiger charge is -2.26. The van der Waals surface area contributed by atoms with Crippen molar-refractivity contribution in [3.63, 3.8) is 0 Å². The maximum atomic E-state index is 13.3. The zero-order chi connectivity index (χ0) is 17.9. The highest BCUT2D eigenvalue weighted by Gasteiger charge is 2.25. The number of sulfonamides is 1. The quantitative estimate of drug-likeness (QED) is 0.679. The van der Waals surface area contributed by atoms with Crippen LogP contribution in [0.4, 0.5) is 5.69 Å². The molecule has 0 saturated heterocycles. The molecule has 0 radical (unpaired) electrons. The molecule has 0 fully saturated rings. The largest absolute Gasteiger partial charge is 0.308 e. The molecule has 0 unspecified atom stereocenters. The van der Waals surface area contributed by atoms with Crippen molar-refractivity contribution in [1.29, 1.82) is 0 Å². The highest BCUT2D eigenvalue weighted by molar-refractivity contribution is 7.92. The maximum Gasteiger partial charge on any atom is 0.264 e. The van der Waals surface area contributed by atoms with Gasteiger partial charge >= 0.3 is 0 Å². The van der Waals surface area contributed by atoms with Gasteiger partial charge in [0.25, 0.3) is 10.0 Å². The van der Waals surface area contributed by atoms with Crippen LogP contribution in [0.3, 0.4) is 0 Å². The Morgan fingerprint density at radius 3 is 2.08 bits per heavy atom. The first-order chi connectivity index (χ1) is 12.0. The lowest BCUT2D eigenvalue weighted by Crippen LogP contribution is -2.36. The summed E-state index contributed by atoms with van der Waals surface area (Å²) in [6, 6.07) is 22.3. The molecule has 5 heteroatoms. The number of fused-ring (bicyclic) bond motifs is 1. The second-order valence-corrected chi connectivity index (χ2v) is 8.09. The number of para-hydroxylation sites is 1. The normalized spacial score (nSPS) is 11.8. The smallest absolute Gasteiger partial charge is 0.264 e. The Hall–Kier alpha value is -2.37. The Morgan fingerprint density at radius 2 is 1.40 bits per heavy atom. The van der Waals surface area contributed by atoms with Crippen molar-refractivity contribution < 1.29 is 8.42 Å². The van der Waals surface area contributed by atoms with Gasteiger partial charge in [0.1, 0.15) is 0 Å². The zero-order valence-electron chi connectivity index (χ0n) is 14.5. The van der Waals surface area contributed by atoms with E-state index in [9.17, 15) is 8.42 Å². The van der Waals surface area contributed by atoms with Crippen molar-refractivity contribution in [3.05, 3.63) is 72.8 Å². The van der Waals surface area contributed by atoms with Crippen molar-refractivity contribution in [1.82, 2.24) is 4.90 Å². The molecule has 25 heavy (non-hydrogen) atoms. The summed E-state index contributed by atoms with van der Waals surface area (Å²) in [6.45, 7) is 1.04. The van der Waals surface area contributed by atoms with E-state index < -0.39 is 10.0 Å². The SMILES string of the molecule is CN(C)CCN(c1ccccc1)S(=O)(=O)c1ccc2ccccc2c1. The van der Waals surface area contributed by atoms with Gasteiger partial charge in [-0.2, -0.15) is 0 Å². The van der Waals surface area contributed by atoms with Crippen LogP contribution in [0.5, 0.6) is 0 Å². The van der Waals surface area contributed by atoms with Crippen LogP contribution in [0.1, 0.15) is 0 Å². The second-order valence-electron chi connectivity index (χ2n) is 6.22. The Labute approximate surface area is 149 Å². The summed E-state index contributed by atoms with van der Waals surface area (Å²) in [5, 5.41) is 1.95. The molecule has 0 saturated carbocycles. The molecule has 0 atom stereocenters. The Balaban J connectivity index is 2.05. The van der Waals surface area contributed by atoms with Crippen LogP contribution in [-0.2, 0) is 10.0 Å². The third kappa shape index (κ3) is 3.83. The average Bonchev–Trinajstić information content (AvgIpc) is 2.62. The molecule has 0 aliphatic heterocycles. The Morgan fingerprint density at radius 1 is 0.760 bits per heavy atom. The van der Waals surface area contributed by atoms with Gasteiger partial charge in [0.05, 0.1) is 10.6 Å². The molecule has 0 aliphatic carbocycles. The average molecular weight is 354 g/mol. The fourth-order valence-electron chi connectivity index (χ4n) is 2.73.